The highest BCUT2D eigenvalue weighted by molar-refractivity contribution is 7.22. The number of thiophene rings is 1. The van der Waals surface area contributed by atoms with Crippen molar-refractivity contribution in [3.8, 4) is 0 Å². The Morgan fingerprint density at radius 1 is 1.21 bits per heavy atom. The van der Waals surface area contributed by atoms with Gasteiger partial charge in [0.15, 0.2) is 11.0 Å². The average molecular weight is 487 g/mol. The van der Waals surface area contributed by atoms with Crippen molar-refractivity contribution in [3.63, 3.8) is 0 Å². The highest BCUT2D eigenvalue weighted by Crippen LogP contribution is 2.33. The number of nitrogens with two attached hydrogens (primary N) is 1. The maximum Gasteiger partial charge on any atom is 0.186 e. The summed E-state index contributed by atoms with van der Waals surface area (Å²) >= 11 is 3.16. The lowest BCUT2D eigenvalue weighted by molar-refractivity contribution is 0.191. The number of nitrogens with zero attached hydrogens (tertiary/aromatic N) is 7. The second-order valence-electron chi connectivity index (χ2n) is 8.24. The van der Waals surface area contributed by atoms with Crippen LogP contribution in [-0.2, 0) is 13.0 Å². The van der Waals surface area contributed by atoms with Crippen LogP contribution < -0.4 is 10.6 Å². The Labute approximate surface area is 199 Å². The molecule has 1 fully saturated rings. The van der Waals surface area contributed by atoms with Crippen molar-refractivity contribution in [1.82, 2.24) is 30.1 Å². The number of rotatable bonds is 7. The number of benzene rings is 1. The summed E-state index contributed by atoms with van der Waals surface area (Å²) in [4.78, 5) is 10.7. The SMILES string of the molecule is CCC(c1nnnn1CCc1cccs1)N1CCCN(c2nc3cc(N)cc(F)c3s2)CC1. The summed E-state index contributed by atoms with van der Waals surface area (Å²) in [6.45, 7) is 6.50. The van der Waals surface area contributed by atoms with E-state index in [1.807, 2.05) is 4.68 Å². The van der Waals surface area contributed by atoms with Crippen LogP contribution in [0.2, 0.25) is 0 Å². The first-order chi connectivity index (χ1) is 16.1. The van der Waals surface area contributed by atoms with Gasteiger partial charge in [-0.15, -0.1) is 16.4 Å². The second-order valence-corrected chi connectivity index (χ2v) is 10.2. The number of aromatic nitrogens is 5. The highest BCUT2D eigenvalue weighted by Gasteiger charge is 2.27. The third-order valence-electron chi connectivity index (χ3n) is 6.09. The van der Waals surface area contributed by atoms with E-state index in [2.05, 4.69) is 54.7 Å². The van der Waals surface area contributed by atoms with Crippen LogP contribution in [0, 0.1) is 5.82 Å². The fourth-order valence-corrected chi connectivity index (χ4v) is 6.16. The van der Waals surface area contributed by atoms with Crippen molar-refractivity contribution in [2.75, 3.05) is 36.8 Å². The summed E-state index contributed by atoms with van der Waals surface area (Å²) in [5.41, 5.74) is 6.83. The molecule has 0 radical (unpaired) electrons. The van der Waals surface area contributed by atoms with E-state index in [-0.39, 0.29) is 11.9 Å². The molecule has 0 bridgehead atoms. The van der Waals surface area contributed by atoms with Gasteiger partial charge in [-0.2, -0.15) is 0 Å². The number of tetrazole rings is 1. The van der Waals surface area contributed by atoms with Crippen LogP contribution in [-0.4, -0.2) is 56.3 Å². The summed E-state index contributed by atoms with van der Waals surface area (Å²) in [5, 5.41) is 15.6. The minimum Gasteiger partial charge on any atom is -0.399 e. The molecular weight excluding hydrogens is 459 g/mol. The highest BCUT2D eigenvalue weighted by atomic mass is 32.1. The second kappa shape index (κ2) is 9.70. The van der Waals surface area contributed by atoms with Gasteiger partial charge in [0.1, 0.15) is 5.82 Å². The molecule has 4 aromatic rings. The van der Waals surface area contributed by atoms with Crippen LogP contribution in [0.3, 0.4) is 0 Å². The number of anilines is 2. The Morgan fingerprint density at radius 2 is 2.12 bits per heavy atom. The van der Waals surface area contributed by atoms with Gasteiger partial charge in [0.05, 0.1) is 16.3 Å². The van der Waals surface area contributed by atoms with Gasteiger partial charge in [0, 0.05) is 49.7 Å². The number of hydrogen-bond acceptors (Lipinski definition) is 9. The van der Waals surface area contributed by atoms with Crippen molar-refractivity contribution >= 4 is 43.7 Å². The number of nitrogen functional groups attached to an aromatic ring is 1. The molecule has 1 saturated heterocycles. The molecule has 0 amide bonds. The molecule has 5 rings (SSSR count). The zero-order valence-electron chi connectivity index (χ0n) is 18.5. The Balaban J connectivity index is 1.29. The molecule has 1 aliphatic heterocycles. The molecule has 1 aliphatic rings. The lowest BCUT2D eigenvalue weighted by Gasteiger charge is -2.29. The Kier molecular flexibility index (Phi) is 6.52. The fourth-order valence-electron chi connectivity index (χ4n) is 4.46. The van der Waals surface area contributed by atoms with Gasteiger partial charge in [-0.25, -0.2) is 14.1 Å². The maximum atomic E-state index is 14.3. The smallest absolute Gasteiger partial charge is 0.186 e. The normalized spacial score (nSPS) is 16.4. The molecule has 1 atom stereocenters. The zero-order valence-corrected chi connectivity index (χ0v) is 20.2. The van der Waals surface area contributed by atoms with E-state index in [1.165, 1.54) is 22.3 Å². The molecule has 0 spiro atoms. The lowest BCUT2D eigenvalue weighted by atomic mass is 10.1. The van der Waals surface area contributed by atoms with Crippen molar-refractivity contribution in [3.05, 3.63) is 46.2 Å². The topological polar surface area (TPSA) is 89.0 Å². The molecule has 33 heavy (non-hydrogen) atoms. The standard InChI is InChI=1S/C22H27FN8S2/c1-2-19(21-26-27-28-31(21)9-6-16-5-3-12-32-16)29-7-4-8-30(11-10-29)22-25-18-14-15(24)13-17(23)20(18)33-22/h3,5,12-14,19H,2,4,6-11,24H2,1H3. The minimum atomic E-state index is -0.300. The summed E-state index contributed by atoms with van der Waals surface area (Å²) in [5.74, 6) is 0.630. The average Bonchev–Trinajstić information content (AvgIpc) is 3.52. The molecule has 2 N–H and O–H groups in total. The van der Waals surface area contributed by atoms with Crippen molar-refractivity contribution in [2.24, 2.45) is 0 Å². The van der Waals surface area contributed by atoms with Crippen molar-refractivity contribution in [1.29, 1.82) is 0 Å². The van der Waals surface area contributed by atoms with Crippen LogP contribution in [0.4, 0.5) is 15.2 Å². The summed E-state index contributed by atoms with van der Waals surface area (Å²) in [7, 11) is 0. The Hall–Kier alpha value is -2.63. The summed E-state index contributed by atoms with van der Waals surface area (Å²) < 4.78 is 16.8. The first-order valence-corrected chi connectivity index (χ1v) is 12.9. The number of hydrogen-bond donors (Lipinski definition) is 1. The third-order valence-corrected chi connectivity index (χ3v) is 8.17. The largest absolute Gasteiger partial charge is 0.399 e. The van der Waals surface area contributed by atoms with Crippen LogP contribution in [0.25, 0.3) is 10.2 Å². The van der Waals surface area contributed by atoms with Gasteiger partial charge in [0.25, 0.3) is 0 Å². The van der Waals surface area contributed by atoms with E-state index in [1.54, 1.807) is 17.4 Å². The molecule has 8 nitrogen and oxygen atoms in total. The van der Waals surface area contributed by atoms with Crippen molar-refractivity contribution in [2.45, 2.75) is 38.8 Å². The van der Waals surface area contributed by atoms with E-state index < -0.39 is 0 Å². The predicted octanol–water partition coefficient (Wildman–Crippen LogP) is 3.97. The van der Waals surface area contributed by atoms with Crippen LogP contribution in [0.15, 0.2) is 29.6 Å². The zero-order chi connectivity index (χ0) is 22.8. The molecular formula is C22H27FN8S2. The molecule has 11 heteroatoms. The molecule has 4 heterocycles. The number of fused-ring (bicyclic) bond motifs is 1. The van der Waals surface area contributed by atoms with Gasteiger partial charge in [-0.3, -0.25) is 4.90 Å². The van der Waals surface area contributed by atoms with E-state index in [9.17, 15) is 4.39 Å². The Bertz CT molecular complexity index is 1200. The van der Waals surface area contributed by atoms with E-state index in [4.69, 9.17) is 5.73 Å². The van der Waals surface area contributed by atoms with Gasteiger partial charge < -0.3 is 10.6 Å². The van der Waals surface area contributed by atoms with Gasteiger partial charge in [-0.1, -0.05) is 24.3 Å². The lowest BCUT2D eigenvalue weighted by Crippen LogP contribution is -2.35. The first-order valence-electron chi connectivity index (χ1n) is 11.3. The summed E-state index contributed by atoms with van der Waals surface area (Å²) in [6.07, 6.45) is 2.86. The summed E-state index contributed by atoms with van der Waals surface area (Å²) in [6, 6.07) is 7.50. The predicted molar refractivity (Wildman–Crippen MR) is 131 cm³/mol. The molecule has 3 aromatic heterocycles. The van der Waals surface area contributed by atoms with Crippen LogP contribution >= 0.6 is 22.7 Å². The fraction of sp³-hybridized carbons (Fsp3) is 0.455. The first kappa shape index (κ1) is 22.2. The number of halogens is 1. The molecule has 1 aromatic carbocycles. The quantitative estimate of drug-likeness (QED) is 0.395. The van der Waals surface area contributed by atoms with E-state index >= 15 is 0 Å². The monoisotopic (exact) mass is 486 g/mol. The van der Waals surface area contributed by atoms with E-state index in [0.717, 1.165) is 62.9 Å². The van der Waals surface area contributed by atoms with Gasteiger partial charge in [-0.05, 0) is 46.8 Å². The molecule has 174 valence electrons. The molecule has 0 saturated carbocycles. The maximum absolute atomic E-state index is 14.3. The van der Waals surface area contributed by atoms with Crippen LogP contribution in [0.5, 0.6) is 0 Å². The third kappa shape index (κ3) is 4.71. The minimum absolute atomic E-state index is 0.163. The Morgan fingerprint density at radius 3 is 2.94 bits per heavy atom. The number of thiazole rings is 1. The number of aryl methyl sites for hydroxylation is 2. The van der Waals surface area contributed by atoms with Crippen molar-refractivity contribution < 1.29 is 4.39 Å². The molecule has 1 unspecified atom stereocenters. The van der Waals surface area contributed by atoms with Crippen LogP contribution in [0.1, 0.15) is 36.5 Å². The van der Waals surface area contributed by atoms with Gasteiger partial charge >= 0.3 is 0 Å². The van der Waals surface area contributed by atoms with Gasteiger partial charge in [0.2, 0.25) is 0 Å². The van der Waals surface area contributed by atoms with E-state index in [0.29, 0.717) is 15.9 Å². The molecule has 0 aliphatic carbocycles.